The fourth-order valence-corrected chi connectivity index (χ4v) is 3.51. The van der Waals surface area contributed by atoms with E-state index in [1.165, 1.54) is 12.1 Å². The zero-order chi connectivity index (χ0) is 21.6. The van der Waals surface area contributed by atoms with Crippen molar-refractivity contribution in [3.8, 4) is 16.9 Å². The molecule has 0 saturated heterocycles. The van der Waals surface area contributed by atoms with E-state index in [2.05, 4.69) is 10.6 Å². The number of ether oxygens (including phenoxy) is 1. The topological polar surface area (TPSA) is 105 Å². The maximum absolute atomic E-state index is 12.1. The molecular weight excluding hydrogens is 404 g/mol. The van der Waals surface area contributed by atoms with Crippen LogP contribution in [0.1, 0.15) is 13.3 Å². The van der Waals surface area contributed by atoms with Gasteiger partial charge in [0.15, 0.2) is 0 Å². The average molecular weight is 426 g/mol. The lowest BCUT2D eigenvalue weighted by molar-refractivity contribution is 0.262. The van der Waals surface area contributed by atoms with Gasteiger partial charge in [-0.3, -0.25) is 4.55 Å². The first-order chi connectivity index (χ1) is 14.4. The number of benzene rings is 3. The Kier molecular flexibility index (Phi) is 6.71. The molecule has 156 valence electrons. The molecule has 7 nitrogen and oxygen atoms in total. The maximum atomic E-state index is 12.1. The summed E-state index contributed by atoms with van der Waals surface area (Å²) in [5, 5.41) is 5.42. The fraction of sp³-hybridized carbons (Fsp3) is 0.136. The second-order valence-electron chi connectivity index (χ2n) is 6.50. The normalized spacial score (nSPS) is 11.0. The Morgan fingerprint density at radius 2 is 1.57 bits per heavy atom. The lowest BCUT2D eigenvalue weighted by Crippen LogP contribution is -2.19. The highest BCUT2D eigenvalue weighted by atomic mass is 32.2. The van der Waals surface area contributed by atoms with Gasteiger partial charge < -0.3 is 15.4 Å². The van der Waals surface area contributed by atoms with Crippen molar-refractivity contribution in [2.45, 2.75) is 18.2 Å². The van der Waals surface area contributed by atoms with Crippen LogP contribution >= 0.6 is 0 Å². The predicted octanol–water partition coefficient (Wildman–Crippen LogP) is 5.03. The van der Waals surface area contributed by atoms with Gasteiger partial charge in [-0.2, -0.15) is 8.42 Å². The van der Waals surface area contributed by atoms with Gasteiger partial charge in [0.2, 0.25) is 0 Å². The summed E-state index contributed by atoms with van der Waals surface area (Å²) in [5.74, 6) is 0.503. The highest BCUT2D eigenvalue weighted by molar-refractivity contribution is 7.86. The highest BCUT2D eigenvalue weighted by Crippen LogP contribution is 2.32. The first kappa shape index (κ1) is 21.4. The van der Waals surface area contributed by atoms with Crippen LogP contribution in [0.25, 0.3) is 11.1 Å². The van der Waals surface area contributed by atoms with Gasteiger partial charge in [-0.05, 0) is 54.4 Å². The quantitative estimate of drug-likeness (QED) is 0.460. The number of amides is 2. The van der Waals surface area contributed by atoms with Crippen LogP contribution in [0.15, 0.2) is 77.7 Å². The van der Waals surface area contributed by atoms with E-state index in [1.807, 2.05) is 25.1 Å². The first-order valence-electron chi connectivity index (χ1n) is 9.34. The first-order valence-corrected chi connectivity index (χ1v) is 10.8. The Hall–Kier alpha value is -3.36. The van der Waals surface area contributed by atoms with Gasteiger partial charge in [0.25, 0.3) is 10.1 Å². The summed E-state index contributed by atoms with van der Waals surface area (Å²) in [4.78, 5) is 11.9. The standard InChI is InChI=1S/C22H22N2O5S/c1-2-14-29-19-12-13-21(30(26,27)28)20(15-19)16-8-10-18(11-9-16)24-22(25)23-17-6-4-3-5-7-17/h3-13,15H,2,14H2,1H3,(H2,23,24,25)(H,26,27,28). The Balaban J connectivity index is 1.81. The molecule has 0 fully saturated rings. The molecule has 0 aromatic heterocycles. The molecule has 3 N–H and O–H groups in total. The van der Waals surface area contributed by atoms with Crippen molar-refractivity contribution in [1.29, 1.82) is 0 Å². The molecule has 3 aromatic carbocycles. The minimum atomic E-state index is -4.42. The Morgan fingerprint density at radius 3 is 2.17 bits per heavy atom. The lowest BCUT2D eigenvalue weighted by Gasteiger charge is -2.12. The van der Waals surface area contributed by atoms with E-state index in [0.717, 1.165) is 6.42 Å². The molecule has 0 aliphatic heterocycles. The van der Waals surface area contributed by atoms with E-state index in [4.69, 9.17) is 4.74 Å². The van der Waals surface area contributed by atoms with E-state index < -0.39 is 16.1 Å². The van der Waals surface area contributed by atoms with Crippen molar-refractivity contribution in [2.24, 2.45) is 0 Å². The van der Waals surface area contributed by atoms with E-state index in [1.54, 1.807) is 42.5 Å². The summed E-state index contributed by atoms with van der Waals surface area (Å²) in [7, 11) is -4.42. The van der Waals surface area contributed by atoms with Gasteiger partial charge >= 0.3 is 6.03 Å². The van der Waals surface area contributed by atoms with Crippen molar-refractivity contribution in [3.05, 3.63) is 72.8 Å². The number of rotatable bonds is 7. The van der Waals surface area contributed by atoms with Gasteiger partial charge in [0, 0.05) is 16.9 Å². The van der Waals surface area contributed by atoms with Crippen LogP contribution in [0.4, 0.5) is 16.2 Å². The van der Waals surface area contributed by atoms with Gasteiger partial charge in [-0.1, -0.05) is 37.3 Å². The van der Waals surface area contributed by atoms with Gasteiger partial charge in [0.1, 0.15) is 10.6 Å². The Bertz CT molecular complexity index is 1110. The Morgan fingerprint density at radius 1 is 0.933 bits per heavy atom. The fourth-order valence-electron chi connectivity index (χ4n) is 2.82. The van der Waals surface area contributed by atoms with Crippen molar-refractivity contribution >= 4 is 27.5 Å². The molecule has 0 spiro atoms. The minimum Gasteiger partial charge on any atom is -0.494 e. The maximum Gasteiger partial charge on any atom is 0.323 e. The molecule has 0 atom stereocenters. The van der Waals surface area contributed by atoms with Crippen molar-refractivity contribution in [2.75, 3.05) is 17.2 Å². The van der Waals surface area contributed by atoms with Crippen molar-refractivity contribution < 1.29 is 22.5 Å². The molecule has 30 heavy (non-hydrogen) atoms. The molecule has 0 radical (unpaired) electrons. The summed E-state index contributed by atoms with van der Waals surface area (Å²) < 4.78 is 38.7. The summed E-state index contributed by atoms with van der Waals surface area (Å²) in [6, 6.07) is 19.6. The number of hydrogen-bond donors (Lipinski definition) is 3. The second-order valence-corrected chi connectivity index (χ2v) is 7.89. The molecule has 0 unspecified atom stereocenters. The van der Waals surface area contributed by atoms with Gasteiger partial charge in [0.05, 0.1) is 6.61 Å². The average Bonchev–Trinajstić information content (AvgIpc) is 2.72. The molecule has 0 heterocycles. The van der Waals surface area contributed by atoms with Gasteiger partial charge in [-0.15, -0.1) is 0 Å². The van der Waals surface area contributed by atoms with E-state index in [-0.39, 0.29) is 4.90 Å². The lowest BCUT2D eigenvalue weighted by atomic mass is 10.0. The smallest absolute Gasteiger partial charge is 0.323 e. The highest BCUT2D eigenvalue weighted by Gasteiger charge is 2.18. The third-order valence-electron chi connectivity index (χ3n) is 4.19. The molecule has 0 aliphatic carbocycles. The molecule has 3 rings (SSSR count). The molecular formula is C22H22N2O5S. The number of nitrogens with one attached hydrogen (secondary N) is 2. The number of carbonyl (C=O) groups is 1. The third-order valence-corrected chi connectivity index (χ3v) is 5.10. The van der Waals surface area contributed by atoms with Crippen molar-refractivity contribution in [3.63, 3.8) is 0 Å². The number of hydrogen-bond acceptors (Lipinski definition) is 4. The van der Waals surface area contributed by atoms with E-state index in [9.17, 15) is 17.8 Å². The predicted molar refractivity (Wildman–Crippen MR) is 117 cm³/mol. The molecule has 0 bridgehead atoms. The summed E-state index contributed by atoms with van der Waals surface area (Å²) in [5.41, 5.74) is 2.05. The monoisotopic (exact) mass is 426 g/mol. The third kappa shape index (κ3) is 5.59. The minimum absolute atomic E-state index is 0.214. The summed E-state index contributed by atoms with van der Waals surface area (Å²) >= 11 is 0. The summed E-state index contributed by atoms with van der Waals surface area (Å²) in [6.45, 7) is 2.46. The van der Waals surface area contributed by atoms with Crippen LogP contribution in [0.3, 0.4) is 0 Å². The van der Waals surface area contributed by atoms with Gasteiger partial charge in [-0.25, -0.2) is 4.79 Å². The van der Waals surface area contributed by atoms with Crippen LogP contribution in [0, 0.1) is 0 Å². The number of carbonyl (C=O) groups excluding carboxylic acids is 1. The van der Waals surface area contributed by atoms with Crippen LogP contribution in [0.5, 0.6) is 5.75 Å². The van der Waals surface area contributed by atoms with E-state index in [0.29, 0.717) is 34.9 Å². The number of anilines is 2. The van der Waals surface area contributed by atoms with Crippen molar-refractivity contribution in [1.82, 2.24) is 0 Å². The van der Waals surface area contributed by atoms with Crippen LogP contribution in [-0.2, 0) is 10.1 Å². The molecule has 8 heteroatoms. The number of para-hydroxylation sites is 1. The molecule has 0 saturated carbocycles. The second kappa shape index (κ2) is 9.43. The SMILES string of the molecule is CCCOc1ccc(S(=O)(=O)O)c(-c2ccc(NC(=O)Nc3ccccc3)cc2)c1. The zero-order valence-corrected chi connectivity index (χ0v) is 17.1. The summed E-state index contributed by atoms with van der Waals surface area (Å²) in [6.07, 6.45) is 0.806. The zero-order valence-electron chi connectivity index (χ0n) is 16.3. The largest absolute Gasteiger partial charge is 0.494 e. The number of urea groups is 1. The van der Waals surface area contributed by atoms with Crippen LogP contribution in [0.2, 0.25) is 0 Å². The molecule has 3 aromatic rings. The Labute approximate surface area is 175 Å². The van der Waals surface area contributed by atoms with Crippen LogP contribution < -0.4 is 15.4 Å². The molecule has 0 aliphatic rings. The molecule has 2 amide bonds. The van der Waals surface area contributed by atoms with Crippen LogP contribution in [-0.4, -0.2) is 25.6 Å². The van der Waals surface area contributed by atoms with E-state index >= 15 is 0 Å².